The van der Waals surface area contributed by atoms with Crippen LogP contribution in [0.1, 0.15) is 38.2 Å². The SMILES string of the molecule is CCCCCCc1[c]cccc1Br. The van der Waals surface area contributed by atoms with E-state index in [1.807, 2.05) is 12.1 Å². The summed E-state index contributed by atoms with van der Waals surface area (Å²) in [5, 5.41) is 0. The molecule has 1 radical (unpaired) electrons. The largest absolute Gasteiger partial charge is 0.0654 e. The predicted octanol–water partition coefficient (Wildman–Crippen LogP) is 4.37. The molecule has 0 amide bonds. The summed E-state index contributed by atoms with van der Waals surface area (Å²) < 4.78 is 1.20. The van der Waals surface area contributed by atoms with E-state index < -0.39 is 0 Å². The highest BCUT2D eigenvalue weighted by Gasteiger charge is 1.97. The number of rotatable bonds is 5. The molecule has 0 bridgehead atoms. The second kappa shape index (κ2) is 6.20. The Hall–Kier alpha value is -0.300. The van der Waals surface area contributed by atoms with Crippen LogP contribution in [0.25, 0.3) is 0 Å². The smallest absolute Gasteiger partial charge is 0.0213 e. The Labute approximate surface area is 89.5 Å². The van der Waals surface area contributed by atoms with Crippen LogP contribution in [0.3, 0.4) is 0 Å². The first kappa shape index (κ1) is 10.8. The van der Waals surface area contributed by atoms with Gasteiger partial charge in [0.2, 0.25) is 0 Å². The monoisotopic (exact) mass is 239 g/mol. The zero-order chi connectivity index (χ0) is 9.52. The lowest BCUT2D eigenvalue weighted by molar-refractivity contribution is 0.666. The molecule has 0 fully saturated rings. The molecule has 1 heteroatoms. The summed E-state index contributed by atoms with van der Waals surface area (Å²) in [6.45, 7) is 2.24. The van der Waals surface area contributed by atoms with E-state index >= 15 is 0 Å². The average molecular weight is 240 g/mol. The highest BCUT2D eigenvalue weighted by atomic mass is 79.9. The number of hydrogen-bond donors (Lipinski definition) is 0. The Morgan fingerprint density at radius 3 is 2.85 bits per heavy atom. The van der Waals surface area contributed by atoms with E-state index in [9.17, 15) is 0 Å². The number of aryl methyl sites for hydroxylation is 1. The molecule has 0 aliphatic carbocycles. The van der Waals surface area contributed by atoms with Crippen LogP contribution < -0.4 is 0 Å². The third kappa shape index (κ3) is 3.95. The first-order valence-corrected chi connectivity index (χ1v) is 5.79. The maximum absolute atomic E-state index is 3.53. The van der Waals surface area contributed by atoms with E-state index in [0.29, 0.717) is 0 Å². The van der Waals surface area contributed by atoms with Gasteiger partial charge in [-0.05, 0) is 30.5 Å². The Morgan fingerprint density at radius 1 is 1.31 bits per heavy atom. The van der Waals surface area contributed by atoms with E-state index in [2.05, 4.69) is 35.0 Å². The lowest BCUT2D eigenvalue weighted by atomic mass is 10.1. The van der Waals surface area contributed by atoms with Crippen LogP contribution in [0.15, 0.2) is 22.7 Å². The topological polar surface area (TPSA) is 0 Å². The van der Waals surface area contributed by atoms with Gasteiger partial charge in [-0.25, -0.2) is 0 Å². The maximum atomic E-state index is 3.53. The maximum Gasteiger partial charge on any atom is 0.0213 e. The molecule has 0 unspecified atom stereocenters. The third-order valence-electron chi connectivity index (χ3n) is 2.16. The molecule has 1 rings (SSSR count). The molecule has 0 nitrogen and oxygen atoms in total. The third-order valence-corrected chi connectivity index (χ3v) is 2.91. The average Bonchev–Trinajstić information content (AvgIpc) is 2.15. The van der Waals surface area contributed by atoms with Crippen molar-refractivity contribution in [3.8, 4) is 0 Å². The van der Waals surface area contributed by atoms with Crippen LogP contribution in [-0.2, 0) is 6.42 Å². The number of halogens is 1. The second-order valence-corrected chi connectivity index (χ2v) is 4.16. The highest BCUT2D eigenvalue weighted by Crippen LogP contribution is 2.17. The van der Waals surface area contributed by atoms with Gasteiger partial charge in [0.15, 0.2) is 0 Å². The fourth-order valence-electron chi connectivity index (χ4n) is 1.37. The molecule has 0 spiro atoms. The first-order valence-electron chi connectivity index (χ1n) is 4.99. The van der Waals surface area contributed by atoms with Crippen LogP contribution in [-0.4, -0.2) is 0 Å². The van der Waals surface area contributed by atoms with E-state index in [-0.39, 0.29) is 0 Å². The summed E-state index contributed by atoms with van der Waals surface area (Å²) in [6, 6.07) is 9.36. The Balaban J connectivity index is 2.32. The lowest BCUT2D eigenvalue weighted by Gasteiger charge is -2.02. The van der Waals surface area contributed by atoms with Crippen molar-refractivity contribution in [2.24, 2.45) is 0 Å². The van der Waals surface area contributed by atoms with Crippen LogP contribution in [0.2, 0.25) is 0 Å². The van der Waals surface area contributed by atoms with Gasteiger partial charge in [0.25, 0.3) is 0 Å². The van der Waals surface area contributed by atoms with Gasteiger partial charge in [0, 0.05) is 4.47 Å². The normalized spacial score (nSPS) is 10.3. The van der Waals surface area contributed by atoms with Gasteiger partial charge < -0.3 is 0 Å². The van der Waals surface area contributed by atoms with Gasteiger partial charge in [-0.2, -0.15) is 0 Å². The Bertz CT molecular complexity index is 243. The fourth-order valence-corrected chi connectivity index (χ4v) is 1.84. The van der Waals surface area contributed by atoms with Crippen molar-refractivity contribution in [2.75, 3.05) is 0 Å². The standard InChI is InChI=1S/C12H16Br/c1-2-3-4-5-8-11-9-6-7-10-12(11)13/h6-7,10H,2-5,8H2,1H3. The van der Waals surface area contributed by atoms with Gasteiger partial charge in [0.05, 0.1) is 0 Å². The molecule has 0 aliphatic rings. The Morgan fingerprint density at radius 2 is 2.15 bits per heavy atom. The highest BCUT2D eigenvalue weighted by molar-refractivity contribution is 9.10. The minimum Gasteiger partial charge on any atom is -0.0654 e. The molecule has 0 saturated heterocycles. The van der Waals surface area contributed by atoms with Crippen LogP contribution in [0.5, 0.6) is 0 Å². The van der Waals surface area contributed by atoms with E-state index in [1.165, 1.54) is 35.7 Å². The van der Waals surface area contributed by atoms with Crippen molar-refractivity contribution in [3.63, 3.8) is 0 Å². The zero-order valence-electron chi connectivity index (χ0n) is 8.15. The summed E-state index contributed by atoms with van der Waals surface area (Å²) in [7, 11) is 0. The van der Waals surface area contributed by atoms with E-state index in [0.717, 1.165) is 6.42 Å². The predicted molar refractivity (Wildman–Crippen MR) is 60.8 cm³/mol. The molecule has 0 aromatic heterocycles. The van der Waals surface area contributed by atoms with Crippen molar-refractivity contribution < 1.29 is 0 Å². The summed E-state index contributed by atoms with van der Waals surface area (Å²) >= 11 is 3.53. The van der Waals surface area contributed by atoms with Crippen LogP contribution in [0, 0.1) is 6.07 Å². The molecule has 0 N–H and O–H groups in total. The van der Waals surface area contributed by atoms with Crippen molar-refractivity contribution in [1.82, 2.24) is 0 Å². The molecule has 0 atom stereocenters. The number of benzene rings is 1. The number of unbranched alkanes of at least 4 members (excludes halogenated alkanes) is 3. The number of hydrogen-bond acceptors (Lipinski definition) is 0. The molecular formula is C12H16Br. The Kier molecular flexibility index (Phi) is 5.14. The molecule has 13 heavy (non-hydrogen) atoms. The molecule has 71 valence electrons. The van der Waals surface area contributed by atoms with E-state index in [4.69, 9.17) is 0 Å². The molecule has 1 aromatic rings. The second-order valence-electron chi connectivity index (χ2n) is 3.31. The van der Waals surface area contributed by atoms with Crippen molar-refractivity contribution in [1.29, 1.82) is 0 Å². The van der Waals surface area contributed by atoms with Crippen molar-refractivity contribution in [2.45, 2.75) is 39.0 Å². The van der Waals surface area contributed by atoms with Gasteiger partial charge in [-0.15, -0.1) is 0 Å². The van der Waals surface area contributed by atoms with Crippen molar-refractivity contribution >= 4 is 15.9 Å². The summed E-state index contributed by atoms with van der Waals surface area (Å²) in [5.74, 6) is 0. The van der Waals surface area contributed by atoms with Gasteiger partial charge >= 0.3 is 0 Å². The molecule has 0 saturated carbocycles. The van der Waals surface area contributed by atoms with Gasteiger partial charge in [0.1, 0.15) is 0 Å². The summed E-state index contributed by atoms with van der Waals surface area (Å²) in [6.07, 6.45) is 6.43. The molecular weight excluding hydrogens is 224 g/mol. The zero-order valence-corrected chi connectivity index (χ0v) is 9.73. The van der Waals surface area contributed by atoms with Gasteiger partial charge in [-0.1, -0.05) is 54.2 Å². The lowest BCUT2D eigenvalue weighted by Crippen LogP contribution is -1.87. The van der Waals surface area contributed by atoms with Crippen LogP contribution in [0.4, 0.5) is 0 Å². The minimum absolute atomic E-state index is 1.15. The quantitative estimate of drug-likeness (QED) is 0.670. The first-order chi connectivity index (χ1) is 6.34. The minimum atomic E-state index is 1.15. The molecule has 1 aromatic carbocycles. The van der Waals surface area contributed by atoms with Crippen LogP contribution >= 0.6 is 15.9 Å². The summed E-state index contributed by atoms with van der Waals surface area (Å²) in [5.41, 5.74) is 1.32. The summed E-state index contributed by atoms with van der Waals surface area (Å²) in [4.78, 5) is 0. The van der Waals surface area contributed by atoms with Gasteiger partial charge in [-0.3, -0.25) is 0 Å². The van der Waals surface area contributed by atoms with Crippen molar-refractivity contribution in [3.05, 3.63) is 34.3 Å². The fraction of sp³-hybridized carbons (Fsp3) is 0.500. The molecule has 0 aliphatic heterocycles. The van der Waals surface area contributed by atoms with E-state index in [1.54, 1.807) is 0 Å². The molecule has 0 heterocycles.